The second-order valence-electron chi connectivity index (χ2n) is 3.07. The normalized spacial score (nSPS) is 26.6. The van der Waals surface area contributed by atoms with Gasteiger partial charge >= 0.3 is 0 Å². The molecule has 1 saturated heterocycles. The van der Waals surface area contributed by atoms with Crippen LogP contribution >= 0.6 is 0 Å². The lowest BCUT2D eigenvalue weighted by Crippen LogP contribution is -2.21. The van der Waals surface area contributed by atoms with Crippen molar-refractivity contribution < 1.29 is 9.53 Å². The molecule has 0 aromatic heterocycles. The second-order valence-corrected chi connectivity index (χ2v) is 3.07. The third-order valence-corrected chi connectivity index (χ3v) is 2.05. The zero-order chi connectivity index (χ0) is 8.10. The average molecular weight is 156 g/mol. The van der Waals surface area contributed by atoms with Gasteiger partial charge in [-0.05, 0) is 19.3 Å². The highest BCUT2D eigenvalue weighted by Crippen LogP contribution is 2.13. The third-order valence-electron chi connectivity index (χ3n) is 2.05. The quantitative estimate of drug-likeness (QED) is 0.610. The van der Waals surface area contributed by atoms with Gasteiger partial charge < -0.3 is 4.74 Å². The Bertz CT molecular complexity index is 132. The number of carbonyl (C=O) groups excluding carboxylic acids is 1. The summed E-state index contributed by atoms with van der Waals surface area (Å²) in [7, 11) is 0. The van der Waals surface area contributed by atoms with Gasteiger partial charge in [0.1, 0.15) is 6.10 Å². The Morgan fingerprint density at radius 3 is 3.09 bits per heavy atom. The molecular weight excluding hydrogens is 140 g/mol. The Morgan fingerprint density at radius 1 is 1.55 bits per heavy atom. The lowest BCUT2D eigenvalue weighted by atomic mass is 10.1. The van der Waals surface area contributed by atoms with Crippen molar-refractivity contribution in [2.45, 2.75) is 45.1 Å². The Morgan fingerprint density at radius 2 is 2.36 bits per heavy atom. The summed E-state index contributed by atoms with van der Waals surface area (Å²) >= 11 is 0. The fourth-order valence-electron chi connectivity index (χ4n) is 1.39. The lowest BCUT2D eigenvalue weighted by molar-refractivity contribution is -0.129. The van der Waals surface area contributed by atoms with Gasteiger partial charge in [-0.1, -0.05) is 13.3 Å². The van der Waals surface area contributed by atoms with E-state index in [9.17, 15) is 4.79 Å². The van der Waals surface area contributed by atoms with Crippen LogP contribution in [0.1, 0.15) is 39.0 Å². The van der Waals surface area contributed by atoms with E-state index in [0.717, 1.165) is 38.7 Å². The smallest absolute Gasteiger partial charge is 0.161 e. The topological polar surface area (TPSA) is 26.3 Å². The minimum Gasteiger partial charge on any atom is -0.370 e. The van der Waals surface area contributed by atoms with Crippen LogP contribution in [-0.4, -0.2) is 18.5 Å². The number of rotatable bonds is 2. The van der Waals surface area contributed by atoms with E-state index in [1.165, 1.54) is 0 Å². The van der Waals surface area contributed by atoms with Crippen molar-refractivity contribution in [3.63, 3.8) is 0 Å². The summed E-state index contributed by atoms with van der Waals surface area (Å²) in [6.45, 7) is 2.86. The maximum atomic E-state index is 11.3. The fourth-order valence-corrected chi connectivity index (χ4v) is 1.39. The molecule has 64 valence electrons. The van der Waals surface area contributed by atoms with E-state index in [0.29, 0.717) is 5.78 Å². The number of ether oxygens (including phenoxy) is 1. The molecule has 1 atom stereocenters. The van der Waals surface area contributed by atoms with Crippen molar-refractivity contribution in [3.8, 4) is 0 Å². The molecule has 1 unspecified atom stereocenters. The summed E-state index contributed by atoms with van der Waals surface area (Å²) in [4.78, 5) is 11.3. The molecule has 0 radical (unpaired) electrons. The molecule has 11 heavy (non-hydrogen) atoms. The molecule has 2 nitrogen and oxygen atoms in total. The Hall–Kier alpha value is -0.370. The van der Waals surface area contributed by atoms with Crippen molar-refractivity contribution >= 4 is 5.78 Å². The van der Waals surface area contributed by atoms with E-state index in [2.05, 4.69) is 6.92 Å². The summed E-state index contributed by atoms with van der Waals surface area (Å²) < 4.78 is 5.41. The van der Waals surface area contributed by atoms with Gasteiger partial charge in [-0.15, -0.1) is 0 Å². The van der Waals surface area contributed by atoms with E-state index >= 15 is 0 Å². The molecule has 1 rings (SSSR count). The lowest BCUT2D eigenvalue weighted by Gasteiger charge is -2.11. The van der Waals surface area contributed by atoms with Crippen molar-refractivity contribution in [1.29, 1.82) is 0 Å². The van der Waals surface area contributed by atoms with Crippen molar-refractivity contribution in [2.24, 2.45) is 0 Å². The van der Waals surface area contributed by atoms with Gasteiger partial charge in [0, 0.05) is 13.0 Å². The monoisotopic (exact) mass is 156 g/mol. The average Bonchev–Trinajstić information content (AvgIpc) is 2.18. The number of ketones is 1. The van der Waals surface area contributed by atoms with Crippen LogP contribution in [0.2, 0.25) is 0 Å². The van der Waals surface area contributed by atoms with Crippen LogP contribution in [0.4, 0.5) is 0 Å². The van der Waals surface area contributed by atoms with Crippen LogP contribution in [0.3, 0.4) is 0 Å². The van der Waals surface area contributed by atoms with Crippen molar-refractivity contribution in [2.75, 3.05) is 6.61 Å². The molecule has 0 bridgehead atoms. The van der Waals surface area contributed by atoms with Crippen LogP contribution in [0, 0.1) is 0 Å². The molecule has 2 heteroatoms. The SMILES string of the molecule is CCCC1OCCCCC1=O. The minimum absolute atomic E-state index is 0.0810. The molecule has 0 aromatic rings. The van der Waals surface area contributed by atoms with Gasteiger partial charge in [0.2, 0.25) is 0 Å². The van der Waals surface area contributed by atoms with E-state index in [4.69, 9.17) is 4.74 Å². The van der Waals surface area contributed by atoms with Gasteiger partial charge in [-0.2, -0.15) is 0 Å². The molecule has 0 aromatic carbocycles. The predicted molar refractivity (Wildman–Crippen MR) is 43.5 cm³/mol. The molecule has 0 N–H and O–H groups in total. The highest BCUT2D eigenvalue weighted by Gasteiger charge is 2.19. The third kappa shape index (κ3) is 2.62. The zero-order valence-electron chi connectivity index (χ0n) is 7.14. The number of carbonyl (C=O) groups is 1. The Balaban J connectivity index is 2.39. The number of hydrogen-bond acceptors (Lipinski definition) is 2. The fraction of sp³-hybridized carbons (Fsp3) is 0.889. The first-order chi connectivity index (χ1) is 5.34. The molecular formula is C9H16O2. The van der Waals surface area contributed by atoms with E-state index in [1.807, 2.05) is 0 Å². The molecule has 1 aliphatic rings. The van der Waals surface area contributed by atoms with Crippen LogP contribution in [0.25, 0.3) is 0 Å². The molecule has 1 fully saturated rings. The molecule has 0 amide bonds. The van der Waals surface area contributed by atoms with Gasteiger partial charge in [-0.3, -0.25) is 4.79 Å². The summed E-state index contributed by atoms with van der Waals surface area (Å²) in [5, 5.41) is 0. The van der Waals surface area contributed by atoms with Gasteiger partial charge in [0.25, 0.3) is 0 Å². The predicted octanol–water partition coefficient (Wildman–Crippen LogP) is 1.92. The summed E-state index contributed by atoms with van der Waals surface area (Å²) in [6, 6.07) is 0. The highest BCUT2D eigenvalue weighted by atomic mass is 16.5. The molecule has 0 aliphatic carbocycles. The van der Waals surface area contributed by atoms with Crippen molar-refractivity contribution in [1.82, 2.24) is 0 Å². The minimum atomic E-state index is -0.0810. The molecule has 0 spiro atoms. The standard InChI is InChI=1S/C9H16O2/c1-2-5-9-8(10)6-3-4-7-11-9/h9H,2-7H2,1H3. The maximum Gasteiger partial charge on any atom is 0.161 e. The van der Waals surface area contributed by atoms with Crippen LogP contribution in [-0.2, 0) is 9.53 Å². The maximum absolute atomic E-state index is 11.3. The van der Waals surface area contributed by atoms with Crippen LogP contribution in [0.5, 0.6) is 0 Å². The largest absolute Gasteiger partial charge is 0.370 e. The molecule has 1 heterocycles. The highest BCUT2D eigenvalue weighted by molar-refractivity contribution is 5.83. The first-order valence-electron chi connectivity index (χ1n) is 4.49. The summed E-state index contributed by atoms with van der Waals surface area (Å²) in [5.74, 6) is 0.310. The van der Waals surface area contributed by atoms with E-state index in [1.54, 1.807) is 0 Å². The zero-order valence-corrected chi connectivity index (χ0v) is 7.14. The van der Waals surface area contributed by atoms with Gasteiger partial charge in [-0.25, -0.2) is 0 Å². The summed E-state index contributed by atoms with van der Waals surface area (Å²) in [6.07, 6.45) is 4.65. The van der Waals surface area contributed by atoms with E-state index in [-0.39, 0.29) is 6.10 Å². The number of hydrogen-bond donors (Lipinski definition) is 0. The Kier molecular flexibility index (Phi) is 3.57. The first kappa shape index (κ1) is 8.72. The number of Topliss-reactive ketones (excluding diaryl/α,β-unsaturated/α-hetero) is 1. The van der Waals surface area contributed by atoms with Gasteiger partial charge in [0.05, 0.1) is 0 Å². The van der Waals surface area contributed by atoms with Crippen LogP contribution < -0.4 is 0 Å². The summed E-state index contributed by atoms with van der Waals surface area (Å²) in [5.41, 5.74) is 0. The second kappa shape index (κ2) is 4.50. The van der Waals surface area contributed by atoms with Gasteiger partial charge in [0.15, 0.2) is 5.78 Å². The van der Waals surface area contributed by atoms with Crippen LogP contribution in [0.15, 0.2) is 0 Å². The molecule has 0 saturated carbocycles. The van der Waals surface area contributed by atoms with E-state index < -0.39 is 0 Å². The Labute approximate surface area is 67.9 Å². The molecule has 1 aliphatic heterocycles. The van der Waals surface area contributed by atoms with Crippen molar-refractivity contribution in [3.05, 3.63) is 0 Å². The first-order valence-corrected chi connectivity index (χ1v) is 4.49.